The summed E-state index contributed by atoms with van der Waals surface area (Å²) in [6, 6.07) is 5.74. The Morgan fingerprint density at radius 1 is 1.23 bits per heavy atom. The van der Waals surface area contributed by atoms with Crippen LogP contribution in [0, 0.1) is 0 Å². The van der Waals surface area contributed by atoms with Gasteiger partial charge in [0.25, 0.3) is 0 Å². The van der Waals surface area contributed by atoms with E-state index >= 15 is 0 Å². The van der Waals surface area contributed by atoms with Crippen LogP contribution in [0.4, 0.5) is 0 Å². The van der Waals surface area contributed by atoms with E-state index in [4.69, 9.17) is 4.52 Å². The number of nitrogens with zero attached hydrogens (tertiary/aromatic N) is 3. The van der Waals surface area contributed by atoms with Gasteiger partial charge in [-0.2, -0.15) is 0 Å². The highest BCUT2D eigenvalue weighted by atomic mass is 16.5. The van der Waals surface area contributed by atoms with Crippen LogP contribution in [0.15, 0.2) is 35.1 Å². The fourth-order valence-corrected chi connectivity index (χ4v) is 2.82. The van der Waals surface area contributed by atoms with Gasteiger partial charge in [-0.1, -0.05) is 5.16 Å². The molecule has 0 aliphatic carbocycles. The third kappa shape index (κ3) is 3.52. The molecule has 3 rings (SSSR count). The molecule has 0 aromatic carbocycles. The zero-order valence-corrected chi connectivity index (χ0v) is 12.5. The summed E-state index contributed by atoms with van der Waals surface area (Å²) in [5.41, 5.74) is 0.854. The van der Waals surface area contributed by atoms with Crippen molar-refractivity contribution in [1.82, 2.24) is 15.0 Å². The summed E-state index contributed by atoms with van der Waals surface area (Å²) in [5.74, 6) is 0.807. The molecular weight excluding hydrogens is 282 g/mol. The molecule has 22 heavy (non-hydrogen) atoms. The predicted octanol–water partition coefficient (Wildman–Crippen LogP) is 1.45. The lowest BCUT2D eigenvalue weighted by Crippen LogP contribution is -2.34. The van der Waals surface area contributed by atoms with Gasteiger partial charge in [0, 0.05) is 30.6 Å². The summed E-state index contributed by atoms with van der Waals surface area (Å²) in [5, 5.41) is 23.6. The Balaban J connectivity index is 1.63. The van der Waals surface area contributed by atoms with E-state index < -0.39 is 5.60 Å². The van der Waals surface area contributed by atoms with Crippen molar-refractivity contribution in [2.24, 2.45) is 0 Å². The van der Waals surface area contributed by atoms with Crippen LogP contribution in [-0.2, 0) is 6.54 Å². The lowest BCUT2D eigenvalue weighted by molar-refractivity contribution is -0.0256. The Kier molecular flexibility index (Phi) is 4.52. The topological polar surface area (TPSA) is 82.6 Å². The van der Waals surface area contributed by atoms with Crippen LogP contribution in [0.2, 0.25) is 0 Å². The van der Waals surface area contributed by atoms with Crippen LogP contribution in [0.1, 0.15) is 25.0 Å². The first kappa shape index (κ1) is 15.1. The van der Waals surface area contributed by atoms with E-state index in [-0.39, 0.29) is 6.61 Å². The van der Waals surface area contributed by atoms with Gasteiger partial charge in [0.05, 0.1) is 18.8 Å². The average Bonchev–Trinajstić information content (AvgIpc) is 2.93. The number of likely N-dealkylation sites (tertiary alicyclic amines) is 1. The largest absolute Gasteiger partial charge is 0.393 e. The van der Waals surface area contributed by atoms with Crippen LogP contribution >= 0.6 is 0 Å². The molecule has 118 valence electrons. The van der Waals surface area contributed by atoms with Crippen molar-refractivity contribution < 1.29 is 14.7 Å². The molecule has 0 bridgehead atoms. The van der Waals surface area contributed by atoms with Crippen molar-refractivity contribution in [2.45, 2.75) is 31.4 Å². The third-order valence-electron chi connectivity index (χ3n) is 4.22. The van der Waals surface area contributed by atoms with E-state index in [9.17, 15) is 10.2 Å². The summed E-state index contributed by atoms with van der Waals surface area (Å²) in [6.07, 6.45) is 5.54. The molecule has 0 unspecified atom stereocenters. The zero-order chi connectivity index (χ0) is 15.4. The molecule has 2 N–H and O–H groups in total. The first-order chi connectivity index (χ1) is 10.7. The minimum Gasteiger partial charge on any atom is -0.393 e. The van der Waals surface area contributed by atoms with E-state index in [1.807, 2.05) is 18.2 Å². The summed E-state index contributed by atoms with van der Waals surface area (Å²) < 4.78 is 5.42. The maximum atomic E-state index is 10.2. The van der Waals surface area contributed by atoms with Crippen molar-refractivity contribution in [3.8, 4) is 11.3 Å². The van der Waals surface area contributed by atoms with E-state index in [2.05, 4.69) is 15.0 Å². The third-order valence-corrected chi connectivity index (χ3v) is 4.22. The van der Waals surface area contributed by atoms with Gasteiger partial charge in [-0.25, -0.2) is 0 Å². The quantitative estimate of drug-likeness (QED) is 0.889. The molecule has 3 heterocycles. The van der Waals surface area contributed by atoms with Gasteiger partial charge in [0.1, 0.15) is 5.69 Å². The summed E-state index contributed by atoms with van der Waals surface area (Å²) >= 11 is 0. The van der Waals surface area contributed by atoms with Gasteiger partial charge >= 0.3 is 0 Å². The lowest BCUT2D eigenvalue weighted by atomic mass is 9.96. The Hall–Kier alpha value is -1.76. The lowest BCUT2D eigenvalue weighted by Gasteiger charge is -2.24. The fraction of sp³-hybridized carbons (Fsp3) is 0.500. The number of aromatic nitrogens is 2. The molecule has 2 aromatic heterocycles. The predicted molar refractivity (Wildman–Crippen MR) is 80.9 cm³/mol. The Bertz CT molecular complexity index is 602. The number of hydrogen-bond acceptors (Lipinski definition) is 6. The van der Waals surface area contributed by atoms with Gasteiger partial charge in [-0.3, -0.25) is 9.88 Å². The second kappa shape index (κ2) is 6.56. The van der Waals surface area contributed by atoms with Gasteiger partial charge in [0.15, 0.2) is 5.76 Å². The van der Waals surface area contributed by atoms with Crippen LogP contribution in [0.3, 0.4) is 0 Å². The average molecular weight is 303 g/mol. The number of aliphatic hydroxyl groups excluding tert-OH is 1. The number of hydrogen-bond donors (Lipinski definition) is 2. The molecule has 0 saturated carbocycles. The molecule has 0 radical (unpaired) electrons. The standard InChI is InChI=1S/C16H21N3O3/c20-12-16(21)4-1-8-19(9-5-16)11-14-10-15(18-22-14)13-2-6-17-7-3-13/h2-3,6-7,10,20-21H,1,4-5,8-9,11-12H2/t16-/m1/s1. The minimum absolute atomic E-state index is 0.171. The highest BCUT2D eigenvalue weighted by molar-refractivity contribution is 5.57. The first-order valence-corrected chi connectivity index (χ1v) is 7.60. The second-order valence-electron chi connectivity index (χ2n) is 5.93. The Morgan fingerprint density at radius 3 is 2.82 bits per heavy atom. The van der Waals surface area contributed by atoms with Crippen molar-refractivity contribution in [1.29, 1.82) is 0 Å². The van der Waals surface area contributed by atoms with E-state index in [0.29, 0.717) is 19.4 Å². The zero-order valence-electron chi connectivity index (χ0n) is 12.5. The molecule has 1 saturated heterocycles. The minimum atomic E-state index is -0.932. The smallest absolute Gasteiger partial charge is 0.151 e. The van der Waals surface area contributed by atoms with Crippen LogP contribution in [0.25, 0.3) is 11.3 Å². The summed E-state index contributed by atoms with van der Waals surface area (Å²) in [7, 11) is 0. The highest BCUT2D eigenvalue weighted by Crippen LogP contribution is 2.24. The molecule has 2 aromatic rings. The molecule has 1 aliphatic heterocycles. The fourth-order valence-electron chi connectivity index (χ4n) is 2.82. The molecule has 0 spiro atoms. The normalized spacial score (nSPS) is 23.4. The molecule has 6 nitrogen and oxygen atoms in total. The number of pyridine rings is 1. The molecule has 6 heteroatoms. The molecule has 1 aliphatic rings. The van der Waals surface area contributed by atoms with Crippen molar-refractivity contribution in [2.75, 3.05) is 19.7 Å². The first-order valence-electron chi connectivity index (χ1n) is 7.60. The van der Waals surface area contributed by atoms with E-state index in [0.717, 1.165) is 36.5 Å². The number of rotatable bonds is 4. The van der Waals surface area contributed by atoms with Crippen LogP contribution < -0.4 is 0 Å². The number of aliphatic hydroxyl groups is 2. The second-order valence-corrected chi connectivity index (χ2v) is 5.93. The molecule has 1 fully saturated rings. The van der Waals surface area contributed by atoms with Gasteiger partial charge in [-0.15, -0.1) is 0 Å². The van der Waals surface area contributed by atoms with Crippen molar-refractivity contribution >= 4 is 0 Å². The maximum Gasteiger partial charge on any atom is 0.151 e. The van der Waals surface area contributed by atoms with Crippen LogP contribution in [0.5, 0.6) is 0 Å². The van der Waals surface area contributed by atoms with Gasteiger partial charge < -0.3 is 14.7 Å². The van der Waals surface area contributed by atoms with Gasteiger partial charge in [-0.05, 0) is 37.9 Å². The summed E-state index contributed by atoms with van der Waals surface area (Å²) in [6.45, 7) is 2.12. The molecule has 0 amide bonds. The Labute approximate surface area is 129 Å². The SMILES string of the molecule is OC[C@@]1(O)CCCN(Cc2cc(-c3ccncc3)no2)CC1. The molecule has 1 atom stereocenters. The molecular formula is C16H21N3O3. The van der Waals surface area contributed by atoms with Crippen molar-refractivity contribution in [3.63, 3.8) is 0 Å². The van der Waals surface area contributed by atoms with E-state index in [1.54, 1.807) is 12.4 Å². The maximum absolute atomic E-state index is 10.2. The monoisotopic (exact) mass is 303 g/mol. The highest BCUT2D eigenvalue weighted by Gasteiger charge is 2.29. The van der Waals surface area contributed by atoms with E-state index in [1.165, 1.54) is 0 Å². The van der Waals surface area contributed by atoms with Crippen LogP contribution in [-0.4, -0.2) is 50.6 Å². The summed E-state index contributed by atoms with van der Waals surface area (Å²) in [4.78, 5) is 6.22. The Morgan fingerprint density at radius 2 is 2.05 bits per heavy atom. The van der Waals surface area contributed by atoms with Crippen molar-refractivity contribution in [3.05, 3.63) is 36.4 Å². The van der Waals surface area contributed by atoms with Gasteiger partial charge in [0.2, 0.25) is 0 Å².